The fourth-order valence-corrected chi connectivity index (χ4v) is 1.44. The van der Waals surface area contributed by atoms with E-state index in [1.165, 1.54) is 11.2 Å². The lowest BCUT2D eigenvalue weighted by Crippen LogP contribution is -2.26. The molecule has 0 aliphatic carbocycles. The summed E-state index contributed by atoms with van der Waals surface area (Å²) in [4.78, 5) is 5.94. The van der Waals surface area contributed by atoms with Gasteiger partial charge in [0.1, 0.15) is 11.9 Å². The van der Waals surface area contributed by atoms with Crippen molar-refractivity contribution in [1.29, 1.82) is 5.26 Å². The van der Waals surface area contributed by atoms with Gasteiger partial charge in [-0.25, -0.2) is 10.8 Å². The van der Waals surface area contributed by atoms with Gasteiger partial charge in [-0.2, -0.15) is 5.26 Å². The van der Waals surface area contributed by atoms with Crippen LogP contribution in [0.5, 0.6) is 0 Å². The summed E-state index contributed by atoms with van der Waals surface area (Å²) >= 11 is 0. The average molecular weight is 255 g/mol. The molecule has 5 nitrogen and oxygen atoms in total. The van der Waals surface area contributed by atoms with Crippen LogP contribution in [0.3, 0.4) is 0 Å². The van der Waals surface area contributed by atoms with Gasteiger partial charge >= 0.3 is 0 Å². The van der Waals surface area contributed by atoms with E-state index in [-0.39, 0.29) is 0 Å². The molecule has 1 aromatic heterocycles. The summed E-state index contributed by atoms with van der Waals surface area (Å²) in [5.41, 5.74) is 2.12. The van der Waals surface area contributed by atoms with Crippen molar-refractivity contribution in [1.82, 2.24) is 9.99 Å². The molecule has 5 heteroatoms. The number of allylic oxidation sites excluding steroid dienone is 1. The Kier molecular flexibility index (Phi) is 4.86. The van der Waals surface area contributed by atoms with Crippen molar-refractivity contribution in [2.45, 2.75) is 6.92 Å². The highest BCUT2D eigenvalue weighted by molar-refractivity contribution is 5.51. The van der Waals surface area contributed by atoms with Crippen molar-refractivity contribution >= 4 is 5.82 Å². The molecule has 0 amide bonds. The van der Waals surface area contributed by atoms with E-state index in [1.54, 1.807) is 30.4 Å². The van der Waals surface area contributed by atoms with Gasteiger partial charge in [0, 0.05) is 25.6 Å². The number of aryl methyl sites for hydroxylation is 1. The normalized spacial score (nSPS) is 10.5. The summed E-state index contributed by atoms with van der Waals surface area (Å²) in [5.74, 6) is 6.33. The molecule has 0 saturated heterocycles. The Labute approximate surface area is 113 Å². The topological polar surface area (TPSA) is 69.2 Å². The number of nitriles is 1. The maximum atomic E-state index is 8.89. The summed E-state index contributed by atoms with van der Waals surface area (Å²) in [6, 6.07) is 3.90. The number of anilines is 1. The van der Waals surface area contributed by atoms with Crippen LogP contribution in [-0.4, -0.2) is 17.0 Å². The van der Waals surface area contributed by atoms with Crippen LogP contribution in [0, 0.1) is 18.3 Å². The molecule has 0 unspecified atom stereocenters. The maximum absolute atomic E-state index is 8.89. The number of nitrogens with two attached hydrogens (primary N) is 1. The SMILES string of the molecule is C=C/C(=C/N(C=C)c1cc(C)c(C#N)cn1)N(C)N. The number of nitrogens with zero attached hydrogens (tertiary/aromatic N) is 4. The van der Waals surface area contributed by atoms with Crippen molar-refractivity contribution in [3.05, 3.63) is 60.7 Å². The minimum Gasteiger partial charge on any atom is -0.313 e. The van der Waals surface area contributed by atoms with Crippen LogP contribution in [0.1, 0.15) is 11.1 Å². The Morgan fingerprint density at radius 1 is 1.53 bits per heavy atom. The van der Waals surface area contributed by atoms with E-state index < -0.39 is 0 Å². The van der Waals surface area contributed by atoms with E-state index in [9.17, 15) is 0 Å². The monoisotopic (exact) mass is 255 g/mol. The number of likely N-dealkylation sites (N-methyl/N-ethyl adjacent to an activating group) is 1. The number of hydrazine groups is 1. The molecule has 0 bridgehead atoms. The fraction of sp³-hybridized carbons (Fsp3) is 0.143. The molecule has 0 aliphatic heterocycles. The molecule has 0 spiro atoms. The molecule has 0 saturated carbocycles. The van der Waals surface area contributed by atoms with Crippen molar-refractivity contribution in [2.75, 3.05) is 11.9 Å². The Hall–Kier alpha value is -2.58. The summed E-state index contributed by atoms with van der Waals surface area (Å²) in [6.45, 7) is 9.29. The lowest BCUT2D eigenvalue weighted by molar-refractivity contribution is 0.454. The molecule has 19 heavy (non-hydrogen) atoms. The van der Waals surface area contributed by atoms with Gasteiger partial charge in [-0.1, -0.05) is 13.2 Å². The highest BCUT2D eigenvalue weighted by Gasteiger charge is 2.06. The zero-order valence-corrected chi connectivity index (χ0v) is 11.2. The summed E-state index contributed by atoms with van der Waals surface area (Å²) < 4.78 is 0. The highest BCUT2D eigenvalue weighted by atomic mass is 15.4. The molecule has 0 aliphatic rings. The number of hydrogen-bond acceptors (Lipinski definition) is 5. The molecule has 1 heterocycles. The van der Waals surface area contributed by atoms with Gasteiger partial charge in [0.2, 0.25) is 0 Å². The van der Waals surface area contributed by atoms with Crippen molar-refractivity contribution < 1.29 is 0 Å². The van der Waals surface area contributed by atoms with E-state index in [0.717, 1.165) is 5.56 Å². The Bertz CT molecular complexity index is 551. The third-order valence-corrected chi connectivity index (χ3v) is 2.57. The largest absolute Gasteiger partial charge is 0.313 e. The van der Waals surface area contributed by atoms with Crippen LogP contribution in [0.4, 0.5) is 5.82 Å². The van der Waals surface area contributed by atoms with Crippen molar-refractivity contribution in [2.24, 2.45) is 5.84 Å². The third-order valence-electron chi connectivity index (χ3n) is 2.57. The zero-order valence-electron chi connectivity index (χ0n) is 11.2. The van der Waals surface area contributed by atoms with Crippen LogP contribution >= 0.6 is 0 Å². The highest BCUT2D eigenvalue weighted by Crippen LogP contribution is 2.17. The molecule has 98 valence electrons. The predicted octanol–water partition coefficient (Wildman–Crippen LogP) is 2.04. The van der Waals surface area contributed by atoms with Gasteiger partial charge in [-0.15, -0.1) is 0 Å². The van der Waals surface area contributed by atoms with Crippen LogP contribution in [0.25, 0.3) is 0 Å². The quantitative estimate of drug-likeness (QED) is 0.495. The standard InChI is InChI=1S/C14H17N5/c1-5-13(18(4)16)10-19(6-2)14-7-11(3)12(8-15)9-17-14/h5-7,9-10H,1-2,16H2,3-4H3/b13-10-. The Morgan fingerprint density at radius 2 is 2.21 bits per heavy atom. The summed E-state index contributed by atoms with van der Waals surface area (Å²) in [6.07, 6.45) is 6.54. The second-order valence-corrected chi connectivity index (χ2v) is 3.93. The molecule has 2 N–H and O–H groups in total. The number of aromatic nitrogens is 1. The molecule has 0 aromatic carbocycles. The lowest BCUT2D eigenvalue weighted by Gasteiger charge is -2.19. The second-order valence-electron chi connectivity index (χ2n) is 3.93. The van der Waals surface area contributed by atoms with Gasteiger partial charge in [0.15, 0.2) is 0 Å². The minimum absolute atomic E-state index is 0.552. The zero-order chi connectivity index (χ0) is 14.4. The van der Waals surface area contributed by atoms with E-state index in [0.29, 0.717) is 17.1 Å². The van der Waals surface area contributed by atoms with Gasteiger partial charge in [0.05, 0.1) is 11.3 Å². The summed E-state index contributed by atoms with van der Waals surface area (Å²) in [7, 11) is 1.71. The summed E-state index contributed by atoms with van der Waals surface area (Å²) in [5, 5.41) is 10.3. The van der Waals surface area contributed by atoms with Crippen LogP contribution in [0.2, 0.25) is 0 Å². The van der Waals surface area contributed by atoms with Gasteiger partial charge < -0.3 is 9.91 Å². The first-order valence-corrected chi connectivity index (χ1v) is 5.63. The third kappa shape index (κ3) is 3.44. The second kappa shape index (κ2) is 6.38. The van der Waals surface area contributed by atoms with E-state index in [1.807, 2.05) is 13.0 Å². The maximum Gasteiger partial charge on any atom is 0.136 e. The minimum atomic E-state index is 0.552. The van der Waals surface area contributed by atoms with Crippen LogP contribution < -0.4 is 10.7 Å². The van der Waals surface area contributed by atoms with Crippen molar-refractivity contribution in [3.8, 4) is 6.07 Å². The first-order chi connectivity index (χ1) is 9.03. The van der Waals surface area contributed by atoms with Crippen LogP contribution in [0.15, 0.2) is 49.6 Å². The Balaban J connectivity index is 3.18. The van der Waals surface area contributed by atoms with Gasteiger partial charge in [-0.05, 0) is 24.6 Å². The molecule has 1 rings (SSSR count). The molecule has 0 fully saturated rings. The van der Waals surface area contributed by atoms with E-state index >= 15 is 0 Å². The first kappa shape index (κ1) is 14.5. The van der Waals surface area contributed by atoms with Crippen molar-refractivity contribution in [3.63, 3.8) is 0 Å². The smallest absolute Gasteiger partial charge is 0.136 e. The number of pyridine rings is 1. The Morgan fingerprint density at radius 3 is 2.63 bits per heavy atom. The number of hydrogen-bond donors (Lipinski definition) is 1. The van der Waals surface area contributed by atoms with E-state index in [2.05, 4.69) is 24.2 Å². The fourth-order valence-electron chi connectivity index (χ4n) is 1.44. The predicted molar refractivity (Wildman–Crippen MR) is 76.6 cm³/mol. The van der Waals surface area contributed by atoms with E-state index in [4.69, 9.17) is 11.1 Å². The molecular formula is C14H17N5. The lowest BCUT2D eigenvalue weighted by atomic mass is 10.2. The number of rotatable bonds is 5. The molecule has 1 aromatic rings. The van der Waals surface area contributed by atoms with Gasteiger partial charge in [0.25, 0.3) is 0 Å². The average Bonchev–Trinajstić information content (AvgIpc) is 2.39. The molecular weight excluding hydrogens is 238 g/mol. The molecule has 0 radical (unpaired) electrons. The van der Waals surface area contributed by atoms with Gasteiger partial charge in [-0.3, -0.25) is 0 Å². The molecule has 0 atom stereocenters. The first-order valence-electron chi connectivity index (χ1n) is 5.63. The van der Waals surface area contributed by atoms with Crippen LogP contribution in [-0.2, 0) is 0 Å².